The highest BCUT2D eigenvalue weighted by Crippen LogP contribution is 2.25. The van der Waals surface area contributed by atoms with Crippen molar-refractivity contribution in [2.24, 2.45) is 0 Å². The van der Waals surface area contributed by atoms with Crippen molar-refractivity contribution in [1.29, 1.82) is 5.26 Å². The van der Waals surface area contributed by atoms with Crippen molar-refractivity contribution in [2.75, 3.05) is 0 Å². The minimum Gasteiger partial charge on any atom is -0.478 e. The van der Waals surface area contributed by atoms with Crippen LogP contribution in [-0.2, 0) is 6.42 Å². The lowest BCUT2D eigenvalue weighted by Crippen LogP contribution is -2.09. The lowest BCUT2D eigenvalue weighted by atomic mass is 10.0. The van der Waals surface area contributed by atoms with Gasteiger partial charge in [-0.1, -0.05) is 6.92 Å². The quantitative estimate of drug-likeness (QED) is 0.878. The Bertz CT molecular complexity index is 480. The van der Waals surface area contributed by atoms with Crippen molar-refractivity contribution in [1.82, 2.24) is 0 Å². The molecule has 0 aliphatic carbocycles. The van der Waals surface area contributed by atoms with Crippen molar-refractivity contribution < 1.29 is 23.4 Å². The zero-order valence-corrected chi connectivity index (χ0v) is 8.91. The van der Waals surface area contributed by atoms with Crippen molar-refractivity contribution in [3.63, 3.8) is 0 Å². The Kier molecular flexibility index (Phi) is 3.99. The molecule has 1 N–H and O–H groups in total. The molecule has 4 nitrogen and oxygen atoms in total. The van der Waals surface area contributed by atoms with Gasteiger partial charge in [-0.3, -0.25) is 0 Å². The van der Waals surface area contributed by atoms with E-state index in [4.69, 9.17) is 10.4 Å². The maximum Gasteiger partial charge on any atom is 0.387 e. The van der Waals surface area contributed by atoms with E-state index >= 15 is 0 Å². The summed E-state index contributed by atoms with van der Waals surface area (Å²) in [5, 5.41) is 17.7. The molecular formula is C11H9F2NO3. The van der Waals surface area contributed by atoms with Gasteiger partial charge in [-0.15, -0.1) is 0 Å². The van der Waals surface area contributed by atoms with Crippen LogP contribution in [0.3, 0.4) is 0 Å². The van der Waals surface area contributed by atoms with Crippen LogP contribution >= 0.6 is 0 Å². The van der Waals surface area contributed by atoms with Crippen molar-refractivity contribution >= 4 is 5.97 Å². The Hall–Kier alpha value is -2.16. The summed E-state index contributed by atoms with van der Waals surface area (Å²) in [6, 6.07) is 4.01. The van der Waals surface area contributed by atoms with E-state index in [2.05, 4.69) is 4.74 Å². The second kappa shape index (κ2) is 5.25. The summed E-state index contributed by atoms with van der Waals surface area (Å²) < 4.78 is 28.3. The number of hydrogen-bond donors (Lipinski definition) is 1. The summed E-state index contributed by atoms with van der Waals surface area (Å²) in [5.74, 6) is -1.87. The highest BCUT2D eigenvalue weighted by molar-refractivity contribution is 5.91. The van der Waals surface area contributed by atoms with Crippen LogP contribution in [0.2, 0.25) is 0 Å². The second-order valence-electron chi connectivity index (χ2n) is 3.15. The molecular weight excluding hydrogens is 232 g/mol. The number of rotatable bonds is 4. The van der Waals surface area contributed by atoms with Gasteiger partial charge in [0.25, 0.3) is 0 Å². The molecule has 1 rings (SSSR count). The van der Waals surface area contributed by atoms with Gasteiger partial charge < -0.3 is 9.84 Å². The summed E-state index contributed by atoms with van der Waals surface area (Å²) >= 11 is 0. The monoisotopic (exact) mass is 241 g/mol. The lowest BCUT2D eigenvalue weighted by molar-refractivity contribution is -0.0503. The Labute approximate surface area is 96.0 Å². The predicted molar refractivity (Wildman–Crippen MR) is 54.1 cm³/mol. The van der Waals surface area contributed by atoms with Crippen LogP contribution in [0.1, 0.15) is 28.4 Å². The molecule has 0 unspecified atom stereocenters. The van der Waals surface area contributed by atoms with Crippen LogP contribution in [0.5, 0.6) is 5.75 Å². The number of carboxylic acids is 1. The molecule has 0 spiro atoms. The van der Waals surface area contributed by atoms with Gasteiger partial charge in [0.2, 0.25) is 0 Å². The average Bonchev–Trinajstić information content (AvgIpc) is 2.27. The highest BCUT2D eigenvalue weighted by atomic mass is 19.3. The maximum absolute atomic E-state index is 12.1. The molecule has 0 fully saturated rings. The molecule has 1 aromatic carbocycles. The maximum atomic E-state index is 12.1. The first-order chi connectivity index (χ1) is 7.99. The molecule has 0 amide bonds. The van der Waals surface area contributed by atoms with Gasteiger partial charge in [-0.2, -0.15) is 14.0 Å². The second-order valence-corrected chi connectivity index (χ2v) is 3.15. The number of aryl methyl sites for hydroxylation is 1. The predicted octanol–water partition coefficient (Wildman–Crippen LogP) is 2.42. The number of alkyl halides is 2. The minimum atomic E-state index is -3.13. The highest BCUT2D eigenvalue weighted by Gasteiger charge is 2.18. The van der Waals surface area contributed by atoms with Gasteiger partial charge in [0.15, 0.2) is 0 Å². The largest absolute Gasteiger partial charge is 0.478 e. The van der Waals surface area contributed by atoms with E-state index in [1.165, 1.54) is 6.07 Å². The third-order valence-electron chi connectivity index (χ3n) is 2.15. The molecule has 0 aliphatic rings. The lowest BCUT2D eigenvalue weighted by Gasteiger charge is -2.10. The van der Waals surface area contributed by atoms with E-state index in [1.54, 1.807) is 6.92 Å². The number of aromatic carboxylic acids is 1. The van der Waals surface area contributed by atoms with Crippen LogP contribution in [0.15, 0.2) is 12.1 Å². The van der Waals surface area contributed by atoms with Gasteiger partial charge >= 0.3 is 12.6 Å². The van der Waals surface area contributed by atoms with E-state index in [9.17, 15) is 13.6 Å². The number of nitriles is 1. The number of benzene rings is 1. The first-order valence-electron chi connectivity index (χ1n) is 4.74. The van der Waals surface area contributed by atoms with E-state index in [-0.39, 0.29) is 11.1 Å². The van der Waals surface area contributed by atoms with E-state index in [0.29, 0.717) is 12.0 Å². The fourth-order valence-electron chi connectivity index (χ4n) is 1.38. The van der Waals surface area contributed by atoms with Gasteiger partial charge in [-0.25, -0.2) is 4.79 Å². The zero-order chi connectivity index (χ0) is 13.0. The molecule has 0 aromatic heterocycles. The molecule has 90 valence electrons. The Morgan fingerprint density at radius 1 is 1.59 bits per heavy atom. The minimum absolute atomic E-state index is 0.133. The van der Waals surface area contributed by atoms with Crippen molar-refractivity contribution in [3.05, 3.63) is 28.8 Å². The van der Waals surface area contributed by atoms with E-state index in [1.807, 2.05) is 6.07 Å². The number of ether oxygens (including phenoxy) is 1. The standard InChI is InChI=1S/C11H9F2NO3/c1-2-6-3-8(10(15)16)9(17-11(12)13)4-7(6)5-14/h3-4,11H,2H2,1H3,(H,15,16). The molecule has 6 heteroatoms. The molecule has 0 heterocycles. The van der Waals surface area contributed by atoms with Gasteiger partial charge in [0, 0.05) is 0 Å². The summed E-state index contributed by atoms with van der Waals surface area (Å²) in [6.45, 7) is -1.40. The molecule has 0 radical (unpaired) electrons. The number of hydrogen-bond acceptors (Lipinski definition) is 3. The fraction of sp³-hybridized carbons (Fsp3) is 0.273. The number of carbonyl (C=O) groups is 1. The smallest absolute Gasteiger partial charge is 0.387 e. The SMILES string of the molecule is CCc1cc(C(=O)O)c(OC(F)F)cc1C#N. The van der Waals surface area contributed by atoms with E-state index < -0.39 is 18.3 Å². The first-order valence-corrected chi connectivity index (χ1v) is 4.74. The van der Waals surface area contributed by atoms with Crippen LogP contribution in [0.25, 0.3) is 0 Å². The Morgan fingerprint density at radius 2 is 2.24 bits per heavy atom. The summed E-state index contributed by atoms with van der Waals surface area (Å²) in [6.07, 6.45) is 0.429. The molecule has 0 saturated carbocycles. The molecule has 0 bridgehead atoms. The van der Waals surface area contributed by atoms with Crippen LogP contribution in [0, 0.1) is 11.3 Å². The van der Waals surface area contributed by atoms with E-state index in [0.717, 1.165) is 6.07 Å². The number of halogens is 2. The van der Waals surface area contributed by atoms with Crippen LogP contribution in [-0.4, -0.2) is 17.7 Å². The topological polar surface area (TPSA) is 70.3 Å². The van der Waals surface area contributed by atoms with Gasteiger partial charge in [-0.05, 0) is 24.1 Å². The summed E-state index contributed by atoms with van der Waals surface area (Å²) in [5.41, 5.74) is 0.237. The zero-order valence-electron chi connectivity index (χ0n) is 8.91. The Balaban J connectivity index is 3.36. The van der Waals surface area contributed by atoms with Crippen molar-refractivity contribution in [3.8, 4) is 11.8 Å². The van der Waals surface area contributed by atoms with Crippen LogP contribution in [0.4, 0.5) is 8.78 Å². The summed E-state index contributed by atoms with van der Waals surface area (Å²) in [7, 11) is 0. The molecule has 1 aromatic rings. The van der Waals surface area contributed by atoms with Crippen molar-refractivity contribution in [2.45, 2.75) is 20.0 Å². The normalized spacial score (nSPS) is 10.1. The molecule has 17 heavy (non-hydrogen) atoms. The molecule has 0 atom stereocenters. The number of carboxylic acid groups (broad SMARTS) is 1. The van der Waals surface area contributed by atoms with Crippen LogP contribution < -0.4 is 4.74 Å². The molecule has 0 saturated heterocycles. The third kappa shape index (κ3) is 2.91. The Morgan fingerprint density at radius 3 is 2.65 bits per heavy atom. The van der Waals surface area contributed by atoms with Gasteiger partial charge in [0.05, 0.1) is 11.6 Å². The first kappa shape index (κ1) is 12.9. The van der Waals surface area contributed by atoms with Gasteiger partial charge in [0.1, 0.15) is 11.3 Å². The molecule has 0 aliphatic heterocycles. The third-order valence-corrected chi connectivity index (χ3v) is 2.15. The average molecular weight is 241 g/mol. The fourth-order valence-corrected chi connectivity index (χ4v) is 1.38. The number of nitrogens with zero attached hydrogens (tertiary/aromatic N) is 1. The summed E-state index contributed by atoms with van der Waals surface area (Å²) in [4.78, 5) is 10.9.